The van der Waals surface area contributed by atoms with E-state index < -0.39 is 0 Å². The van der Waals surface area contributed by atoms with Crippen LogP contribution in [0.25, 0.3) is 11.2 Å². The van der Waals surface area contributed by atoms with Gasteiger partial charge in [0.25, 0.3) is 0 Å². The summed E-state index contributed by atoms with van der Waals surface area (Å²) in [5.41, 5.74) is 2.41. The number of aromatic nitrogens is 4. The van der Waals surface area contributed by atoms with Crippen molar-refractivity contribution in [3.05, 3.63) is 53.7 Å². The molecule has 1 aromatic carbocycles. The molecule has 0 saturated carbocycles. The van der Waals surface area contributed by atoms with Crippen molar-refractivity contribution >= 4 is 11.2 Å². The highest BCUT2D eigenvalue weighted by Crippen LogP contribution is 2.19. The molecule has 21 heavy (non-hydrogen) atoms. The van der Waals surface area contributed by atoms with E-state index in [1.165, 1.54) is 6.20 Å². The SMILES string of the molecule is NOc1ccccc1Cc1ncc2nc(CO)cnc2n1. The van der Waals surface area contributed by atoms with Gasteiger partial charge < -0.3 is 9.94 Å². The molecule has 0 spiro atoms. The van der Waals surface area contributed by atoms with Crippen molar-refractivity contribution in [2.24, 2.45) is 5.90 Å². The zero-order valence-electron chi connectivity index (χ0n) is 11.1. The third-order valence-corrected chi connectivity index (χ3v) is 3.01. The largest absolute Gasteiger partial charge is 0.411 e. The Morgan fingerprint density at radius 2 is 1.95 bits per heavy atom. The summed E-state index contributed by atoms with van der Waals surface area (Å²) < 4.78 is 0. The number of fused-ring (bicyclic) bond motifs is 1. The first-order valence-electron chi connectivity index (χ1n) is 6.33. The van der Waals surface area contributed by atoms with Crippen LogP contribution in [0.4, 0.5) is 0 Å². The molecule has 0 fully saturated rings. The lowest BCUT2D eigenvalue weighted by Gasteiger charge is -2.06. The molecule has 7 heteroatoms. The summed E-state index contributed by atoms with van der Waals surface area (Å²) in [5, 5.41) is 9.04. The third-order valence-electron chi connectivity index (χ3n) is 3.01. The molecule has 0 aliphatic heterocycles. The Kier molecular flexibility index (Phi) is 3.67. The van der Waals surface area contributed by atoms with Crippen LogP contribution in [0.2, 0.25) is 0 Å². The molecular formula is C14H13N5O2. The van der Waals surface area contributed by atoms with Gasteiger partial charge in [-0.15, -0.1) is 0 Å². The van der Waals surface area contributed by atoms with Gasteiger partial charge in [0, 0.05) is 12.0 Å². The lowest BCUT2D eigenvalue weighted by Crippen LogP contribution is -2.06. The van der Waals surface area contributed by atoms with E-state index in [0.717, 1.165) is 5.56 Å². The van der Waals surface area contributed by atoms with Crippen molar-refractivity contribution in [2.45, 2.75) is 13.0 Å². The third kappa shape index (κ3) is 2.78. The summed E-state index contributed by atoms with van der Waals surface area (Å²) in [6, 6.07) is 7.42. The number of aliphatic hydroxyl groups excluding tert-OH is 1. The summed E-state index contributed by atoms with van der Waals surface area (Å²) in [5.74, 6) is 6.42. The molecule has 0 aliphatic rings. The normalized spacial score (nSPS) is 10.8. The van der Waals surface area contributed by atoms with E-state index in [2.05, 4.69) is 19.9 Å². The van der Waals surface area contributed by atoms with Crippen molar-refractivity contribution in [2.75, 3.05) is 0 Å². The summed E-state index contributed by atoms with van der Waals surface area (Å²) in [7, 11) is 0. The van der Waals surface area contributed by atoms with E-state index in [-0.39, 0.29) is 6.61 Å². The molecule has 0 aliphatic carbocycles. The first kappa shape index (κ1) is 13.3. The lowest BCUT2D eigenvalue weighted by atomic mass is 10.1. The second-order valence-corrected chi connectivity index (χ2v) is 4.42. The van der Waals surface area contributed by atoms with Gasteiger partial charge in [-0.05, 0) is 6.07 Å². The number of hydrogen-bond donors (Lipinski definition) is 2. The minimum atomic E-state index is -0.161. The van der Waals surface area contributed by atoms with E-state index in [0.29, 0.717) is 34.9 Å². The first-order chi connectivity index (χ1) is 10.3. The fourth-order valence-electron chi connectivity index (χ4n) is 1.99. The lowest BCUT2D eigenvalue weighted by molar-refractivity contribution is 0.277. The van der Waals surface area contributed by atoms with Crippen LogP contribution in [0.15, 0.2) is 36.7 Å². The highest BCUT2D eigenvalue weighted by Gasteiger charge is 2.08. The number of rotatable bonds is 4. The number of hydrogen-bond acceptors (Lipinski definition) is 7. The van der Waals surface area contributed by atoms with Crippen molar-refractivity contribution in [3.63, 3.8) is 0 Å². The molecular weight excluding hydrogens is 270 g/mol. The van der Waals surface area contributed by atoms with Gasteiger partial charge in [-0.3, -0.25) is 0 Å². The summed E-state index contributed by atoms with van der Waals surface area (Å²) in [4.78, 5) is 21.8. The Labute approximate surface area is 120 Å². The minimum absolute atomic E-state index is 0.161. The molecule has 3 aromatic rings. The molecule has 2 heterocycles. The van der Waals surface area contributed by atoms with E-state index in [1.54, 1.807) is 12.3 Å². The summed E-state index contributed by atoms with van der Waals surface area (Å²) >= 11 is 0. The van der Waals surface area contributed by atoms with Crippen LogP contribution < -0.4 is 10.7 Å². The number of benzene rings is 1. The molecule has 0 unspecified atom stereocenters. The first-order valence-corrected chi connectivity index (χ1v) is 6.33. The van der Waals surface area contributed by atoms with Crippen LogP contribution in [-0.2, 0) is 13.0 Å². The number of nitrogens with two attached hydrogens (primary N) is 1. The second kappa shape index (κ2) is 5.78. The molecule has 0 bridgehead atoms. The van der Waals surface area contributed by atoms with Crippen LogP contribution in [0, 0.1) is 0 Å². The van der Waals surface area contributed by atoms with Gasteiger partial charge in [0.15, 0.2) is 5.65 Å². The van der Waals surface area contributed by atoms with Crippen molar-refractivity contribution in [1.29, 1.82) is 0 Å². The van der Waals surface area contributed by atoms with Gasteiger partial charge in [0.05, 0.1) is 24.7 Å². The van der Waals surface area contributed by atoms with Gasteiger partial charge in [-0.1, -0.05) is 18.2 Å². The van der Waals surface area contributed by atoms with E-state index in [9.17, 15) is 0 Å². The van der Waals surface area contributed by atoms with Crippen LogP contribution in [0.5, 0.6) is 5.75 Å². The van der Waals surface area contributed by atoms with Gasteiger partial charge in [0.1, 0.15) is 17.1 Å². The predicted octanol–water partition coefficient (Wildman–Crippen LogP) is 0.755. The van der Waals surface area contributed by atoms with Crippen molar-refractivity contribution in [1.82, 2.24) is 19.9 Å². The molecule has 3 N–H and O–H groups in total. The average Bonchev–Trinajstić information content (AvgIpc) is 2.55. The molecule has 0 atom stereocenters. The molecule has 0 amide bonds. The fourth-order valence-corrected chi connectivity index (χ4v) is 1.99. The van der Waals surface area contributed by atoms with Gasteiger partial charge in [0.2, 0.25) is 0 Å². The number of aliphatic hydroxyl groups is 1. The Hall–Kier alpha value is -2.64. The van der Waals surface area contributed by atoms with Crippen LogP contribution in [0.3, 0.4) is 0 Å². The maximum absolute atomic E-state index is 9.04. The zero-order chi connectivity index (χ0) is 14.7. The van der Waals surface area contributed by atoms with Gasteiger partial charge >= 0.3 is 0 Å². The summed E-state index contributed by atoms with van der Waals surface area (Å²) in [6.07, 6.45) is 3.57. The standard InChI is InChI=1S/C14H13N5O2/c15-21-12-4-2-1-3-9(12)5-13-16-7-11-14(19-13)17-6-10(8-20)18-11/h1-4,6-7,20H,5,8,15H2. The number of para-hydroxylation sites is 1. The van der Waals surface area contributed by atoms with Crippen LogP contribution >= 0.6 is 0 Å². The maximum Gasteiger partial charge on any atom is 0.181 e. The molecule has 0 saturated heterocycles. The van der Waals surface area contributed by atoms with E-state index >= 15 is 0 Å². The highest BCUT2D eigenvalue weighted by molar-refractivity contribution is 5.68. The molecule has 106 valence electrons. The minimum Gasteiger partial charge on any atom is -0.411 e. The Morgan fingerprint density at radius 1 is 1.10 bits per heavy atom. The summed E-state index contributed by atoms with van der Waals surface area (Å²) in [6.45, 7) is -0.161. The van der Waals surface area contributed by atoms with Crippen LogP contribution in [0.1, 0.15) is 17.1 Å². The second-order valence-electron chi connectivity index (χ2n) is 4.42. The Balaban J connectivity index is 1.94. The van der Waals surface area contributed by atoms with E-state index in [1.807, 2.05) is 18.2 Å². The average molecular weight is 283 g/mol. The maximum atomic E-state index is 9.04. The Bertz CT molecular complexity index is 778. The molecule has 0 radical (unpaired) electrons. The van der Waals surface area contributed by atoms with Crippen LogP contribution in [-0.4, -0.2) is 25.0 Å². The van der Waals surface area contributed by atoms with E-state index in [4.69, 9.17) is 15.8 Å². The van der Waals surface area contributed by atoms with Crippen molar-refractivity contribution in [3.8, 4) is 5.75 Å². The fraction of sp³-hybridized carbons (Fsp3) is 0.143. The molecule has 7 nitrogen and oxygen atoms in total. The van der Waals surface area contributed by atoms with Gasteiger partial charge in [-0.25, -0.2) is 19.9 Å². The monoisotopic (exact) mass is 283 g/mol. The number of nitrogens with zero attached hydrogens (tertiary/aromatic N) is 4. The zero-order valence-corrected chi connectivity index (χ0v) is 11.1. The topological polar surface area (TPSA) is 107 Å². The molecule has 2 aromatic heterocycles. The Morgan fingerprint density at radius 3 is 2.76 bits per heavy atom. The molecule has 3 rings (SSSR count). The smallest absolute Gasteiger partial charge is 0.181 e. The quantitative estimate of drug-likeness (QED) is 0.680. The van der Waals surface area contributed by atoms with Gasteiger partial charge in [-0.2, -0.15) is 5.90 Å². The predicted molar refractivity (Wildman–Crippen MR) is 75.1 cm³/mol. The highest BCUT2D eigenvalue weighted by atomic mass is 16.6. The van der Waals surface area contributed by atoms with Crippen molar-refractivity contribution < 1.29 is 9.94 Å².